The molecule has 0 amide bonds. The standard InChI is InChI=1S/C14H8N2/c1-2-9-4-5-10-6-15-7-11-8-16-12(3-1)14(9)13(10)11/h1-8H. The van der Waals surface area contributed by atoms with Crippen LogP contribution in [0.25, 0.3) is 32.4 Å². The molecule has 2 aromatic heterocycles. The van der Waals surface area contributed by atoms with E-state index in [1.54, 1.807) is 0 Å². The molecule has 74 valence electrons. The van der Waals surface area contributed by atoms with Crippen molar-refractivity contribution in [1.29, 1.82) is 0 Å². The second-order valence-corrected chi connectivity index (χ2v) is 4.03. The van der Waals surface area contributed by atoms with Crippen LogP contribution in [0.15, 0.2) is 48.9 Å². The molecule has 0 aliphatic heterocycles. The normalized spacial score (nSPS) is 11.8. The molecule has 0 saturated heterocycles. The van der Waals surface area contributed by atoms with Crippen molar-refractivity contribution in [3.8, 4) is 0 Å². The summed E-state index contributed by atoms with van der Waals surface area (Å²) in [5, 5.41) is 6.07. The van der Waals surface area contributed by atoms with Crippen LogP contribution >= 0.6 is 0 Å². The summed E-state index contributed by atoms with van der Waals surface area (Å²) in [5.41, 5.74) is 1.06. The van der Waals surface area contributed by atoms with E-state index in [0.29, 0.717) is 0 Å². The maximum absolute atomic E-state index is 4.47. The Morgan fingerprint density at radius 3 is 2.56 bits per heavy atom. The number of benzene rings is 2. The van der Waals surface area contributed by atoms with Gasteiger partial charge in [-0.1, -0.05) is 24.3 Å². The molecule has 2 heterocycles. The molecule has 0 saturated carbocycles. The number of aromatic nitrogens is 2. The lowest BCUT2D eigenvalue weighted by Gasteiger charge is -2.08. The summed E-state index contributed by atoms with van der Waals surface area (Å²) < 4.78 is 0. The summed E-state index contributed by atoms with van der Waals surface area (Å²) in [6.45, 7) is 0. The summed E-state index contributed by atoms with van der Waals surface area (Å²) in [5.74, 6) is 0. The third kappa shape index (κ3) is 0.865. The molecule has 2 heteroatoms. The third-order valence-electron chi connectivity index (χ3n) is 3.11. The SMILES string of the molecule is c1cc2ccc3cncc4cnc(c1)c2c34. The highest BCUT2D eigenvalue weighted by atomic mass is 14.7. The second-order valence-electron chi connectivity index (χ2n) is 4.03. The fourth-order valence-corrected chi connectivity index (χ4v) is 2.40. The Labute approximate surface area is 91.9 Å². The molecule has 4 rings (SSSR count). The van der Waals surface area contributed by atoms with Gasteiger partial charge in [0, 0.05) is 40.1 Å². The first-order chi connectivity index (χ1) is 7.93. The molecule has 2 nitrogen and oxygen atoms in total. The van der Waals surface area contributed by atoms with E-state index in [0.717, 1.165) is 10.9 Å². The number of nitrogens with zero attached hydrogens (tertiary/aromatic N) is 2. The summed E-state index contributed by atoms with van der Waals surface area (Å²) in [4.78, 5) is 8.70. The largest absolute Gasteiger partial charge is 0.263 e. The Balaban J connectivity index is 2.51. The van der Waals surface area contributed by atoms with Gasteiger partial charge in [0.25, 0.3) is 0 Å². The molecular weight excluding hydrogens is 196 g/mol. The molecule has 0 aliphatic carbocycles. The fraction of sp³-hybridized carbons (Fsp3) is 0. The number of rotatable bonds is 0. The van der Waals surface area contributed by atoms with Crippen LogP contribution in [-0.2, 0) is 0 Å². The van der Waals surface area contributed by atoms with Crippen LogP contribution in [0.1, 0.15) is 0 Å². The molecule has 0 unspecified atom stereocenters. The maximum atomic E-state index is 4.47. The van der Waals surface area contributed by atoms with Crippen LogP contribution in [0, 0.1) is 0 Å². The third-order valence-corrected chi connectivity index (χ3v) is 3.11. The average molecular weight is 204 g/mol. The summed E-state index contributed by atoms with van der Waals surface area (Å²) in [6.07, 6.45) is 5.69. The van der Waals surface area contributed by atoms with E-state index in [9.17, 15) is 0 Å². The van der Waals surface area contributed by atoms with E-state index in [2.05, 4.69) is 34.2 Å². The van der Waals surface area contributed by atoms with Crippen LogP contribution < -0.4 is 0 Å². The minimum atomic E-state index is 1.06. The van der Waals surface area contributed by atoms with Gasteiger partial charge in [-0.3, -0.25) is 9.97 Å². The van der Waals surface area contributed by atoms with Crippen molar-refractivity contribution in [3.05, 3.63) is 48.9 Å². The first-order valence-electron chi connectivity index (χ1n) is 5.27. The Hall–Kier alpha value is -2.22. The number of hydrogen-bond donors (Lipinski definition) is 0. The van der Waals surface area contributed by atoms with Gasteiger partial charge >= 0.3 is 0 Å². The first-order valence-corrected chi connectivity index (χ1v) is 5.27. The van der Waals surface area contributed by atoms with E-state index in [-0.39, 0.29) is 0 Å². The van der Waals surface area contributed by atoms with Crippen molar-refractivity contribution in [2.24, 2.45) is 0 Å². The molecule has 0 aliphatic rings. The zero-order valence-electron chi connectivity index (χ0n) is 8.51. The van der Waals surface area contributed by atoms with Gasteiger partial charge in [0.1, 0.15) is 0 Å². The first kappa shape index (κ1) is 7.99. The van der Waals surface area contributed by atoms with Crippen molar-refractivity contribution >= 4 is 32.4 Å². The van der Waals surface area contributed by atoms with Crippen LogP contribution in [0.5, 0.6) is 0 Å². The summed E-state index contributed by atoms with van der Waals surface area (Å²) in [7, 11) is 0. The minimum absolute atomic E-state index is 1.06. The van der Waals surface area contributed by atoms with Crippen molar-refractivity contribution in [2.45, 2.75) is 0 Å². The smallest absolute Gasteiger partial charge is 0.0714 e. The highest BCUT2D eigenvalue weighted by molar-refractivity contribution is 6.21. The lowest BCUT2D eigenvalue weighted by Crippen LogP contribution is -1.86. The molecular formula is C14H8N2. The Kier molecular flexibility index (Phi) is 1.33. The van der Waals surface area contributed by atoms with Gasteiger partial charge in [0.15, 0.2) is 0 Å². The van der Waals surface area contributed by atoms with Gasteiger partial charge in [0.2, 0.25) is 0 Å². The molecule has 4 aromatic rings. The van der Waals surface area contributed by atoms with Gasteiger partial charge < -0.3 is 0 Å². The van der Waals surface area contributed by atoms with Gasteiger partial charge in [-0.05, 0) is 11.5 Å². The number of pyridine rings is 2. The molecule has 0 fully saturated rings. The Morgan fingerprint density at radius 1 is 0.688 bits per heavy atom. The topological polar surface area (TPSA) is 25.8 Å². The Morgan fingerprint density at radius 2 is 1.56 bits per heavy atom. The van der Waals surface area contributed by atoms with E-state index >= 15 is 0 Å². The van der Waals surface area contributed by atoms with Crippen LogP contribution in [0.3, 0.4) is 0 Å². The summed E-state index contributed by atoms with van der Waals surface area (Å²) >= 11 is 0. The highest BCUT2D eigenvalue weighted by Gasteiger charge is 2.07. The van der Waals surface area contributed by atoms with Gasteiger partial charge in [-0.15, -0.1) is 0 Å². The zero-order valence-corrected chi connectivity index (χ0v) is 8.51. The lowest BCUT2D eigenvalue weighted by atomic mass is 10.00. The van der Waals surface area contributed by atoms with Gasteiger partial charge in [-0.25, -0.2) is 0 Å². The predicted molar refractivity (Wildman–Crippen MR) is 65.7 cm³/mol. The predicted octanol–water partition coefficient (Wildman–Crippen LogP) is 3.37. The molecule has 0 atom stereocenters. The Bertz CT molecular complexity index is 675. The molecule has 0 bridgehead atoms. The maximum Gasteiger partial charge on any atom is 0.0714 e. The molecule has 0 radical (unpaired) electrons. The van der Waals surface area contributed by atoms with E-state index < -0.39 is 0 Å². The van der Waals surface area contributed by atoms with E-state index in [1.165, 1.54) is 21.5 Å². The molecule has 0 N–H and O–H groups in total. The zero-order chi connectivity index (χ0) is 10.5. The molecule has 16 heavy (non-hydrogen) atoms. The molecule has 2 aromatic carbocycles. The van der Waals surface area contributed by atoms with Crippen LogP contribution in [0.4, 0.5) is 0 Å². The van der Waals surface area contributed by atoms with E-state index in [4.69, 9.17) is 0 Å². The van der Waals surface area contributed by atoms with Gasteiger partial charge in [0.05, 0.1) is 5.52 Å². The van der Waals surface area contributed by atoms with Crippen molar-refractivity contribution in [3.63, 3.8) is 0 Å². The van der Waals surface area contributed by atoms with E-state index in [1.807, 2.05) is 24.7 Å². The van der Waals surface area contributed by atoms with Crippen molar-refractivity contribution in [2.75, 3.05) is 0 Å². The van der Waals surface area contributed by atoms with Gasteiger partial charge in [-0.2, -0.15) is 0 Å². The lowest BCUT2D eigenvalue weighted by molar-refractivity contribution is 1.36. The highest BCUT2D eigenvalue weighted by Crippen LogP contribution is 2.31. The second kappa shape index (κ2) is 2.67. The monoisotopic (exact) mass is 204 g/mol. The quantitative estimate of drug-likeness (QED) is 0.410. The minimum Gasteiger partial charge on any atom is -0.263 e. The van der Waals surface area contributed by atoms with Crippen molar-refractivity contribution in [1.82, 2.24) is 9.97 Å². The number of hydrogen-bond acceptors (Lipinski definition) is 2. The van der Waals surface area contributed by atoms with Crippen LogP contribution in [0.2, 0.25) is 0 Å². The molecule has 0 spiro atoms. The average Bonchev–Trinajstić information content (AvgIpc) is 2.36. The van der Waals surface area contributed by atoms with Crippen molar-refractivity contribution < 1.29 is 0 Å². The van der Waals surface area contributed by atoms with Crippen LogP contribution in [-0.4, -0.2) is 9.97 Å². The summed E-state index contributed by atoms with van der Waals surface area (Å²) in [6, 6.07) is 10.5. The fourth-order valence-electron chi connectivity index (χ4n) is 2.40.